The number of amides is 1. The van der Waals surface area contributed by atoms with Gasteiger partial charge in [-0.25, -0.2) is 0 Å². The summed E-state index contributed by atoms with van der Waals surface area (Å²) in [5.41, 5.74) is 0. The van der Waals surface area contributed by atoms with Crippen molar-refractivity contribution >= 4 is 17.2 Å². The Kier molecular flexibility index (Phi) is 4.10. The number of hydrogen-bond donors (Lipinski definition) is 3. The minimum atomic E-state index is -0.297. The third-order valence-corrected chi connectivity index (χ3v) is 4.75. The Morgan fingerprint density at radius 3 is 2.81 bits per heavy atom. The highest BCUT2D eigenvalue weighted by atomic mass is 32.1. The zero-order valence-corrected chi connectivity index (χ0v) is 12.2. The van der Waals surface area contributed by atoms with Crippen LogP contribution in [0.25, 0.3) is 0 Å². The summed E-state index contributed by atoms with van der Waals surface area (Å²) in [6, 6.07) is 6.97. The monoisotopic (exact) mass is 307 g/mol. The van der Waals surface area contributed by atoms with Crippen LogP contribution >= 0.6 is 11.3 Å². The van der Waals surface area contributed by atoms with Crippen LogP contribution in [0.3, 0.4) is 0 Å². The number of carbonyl (C=O) groups is 1. The van der Waals surface area contributed by atoms with Crippen LogP contribution in [0.2, 0.25) is 0 Å². The first kappa shape index (κ1) is 14.3. The molecule has 3 rings (SSSR count). The third-order valence-electron chi connectivity index (χ3n) is 3.80. The van der Waals surface area contributed by atoms with Gasteiger partial charge in [0.25, 0.3) is 5.91 Å². The van der Waals surface area contributed by atoms with Crippen LogP contribution < -0.4 is 5.32 Å². The van der Waals surface area contributed by atoms with E-state index in [9.17, 15) is 9.90 Å². The molecule has 0 radical (unpaired) electrons. The zero-order chi connectivity index (χ0) is 14.8. The van der Waals surface area contributed by atoms with Crippen LogP contribution in [0.1, 0.15) is 40.1 Å². The Hall–Kier alpha value is -1.63. The normalized spacial score (nSPS) is 22.6. The molecule has 1 saturated carbocycles. The van der Waals surface area contributed by atoms with E-state index in [2.05, 4.69) is 5.32 Å². The first-order valence-corrected chi connectivity index (χ1v) is 7.77. The Bertz CT molecular complexity index is 601. The Labute approximate surface area is 126 Å². The van der Waals surface area contributed by atoms with Gasteiger partial charge in [0.05, 0.1) is 12.1 Å². The summed E-state index contributed by atoms with van der Waals surface area (Å²) in [5.74, 6) is 0.511. The second-order valence-electron chi connectivity index (χ2n) is 5.28. The third kappa shape index (κ3) is 3.02. The fourth-order valence-electron chi connectivity index (χ4n) is 2.59. The number of aliphatic hydroxyl groups is 2. The Morgan fingerprint density at radius 2 is 2.24 bits per heavy atom. The molecule has 21 heavy (non-hydrogen) atoms. The molecule has 1 aliphatic rings. The second-order valence-corrected chi connectivity index (χ2v) is 6.26. The van der Waals surface area contributed by atoms with Crippen molar-refractivity contribution in [1.82, 2.24) is 5.32 Å². The predicted molar refractivity (Wildman–Crippen MR) is 77.9 cm³/mol. The lowest BCUT2D eigenvalue weighted by atomic mass is 9.76. The van der Waals surface area contributed by atoms with Crippen molar-refractivity contribution in [2.75, 3.05) is 0 Å². The molecule has 1 atom stereocenters. The molecule has 0 aromatic carbocycles. The second kappa shape index (κ2) is 6.01. The summed E-state index contributed by atoms with van der Waals surface area (Å²) in [5, 5.41) is 23.4. The van der Waals surface area contributed by atoms with Crippen molar-refractivity contribution in [2.45, 2.75) is 31.6 Å². The van der Waals surface area contributed by atoms with Crippen molar-refractivity contribution in [3.8, 4) is 0 Å². The fourth-order valence-corrected chi connectivity index (χ4v) is 3.46. The smallest absolute Gasteiger partial charge is 0.287 e. The van der Waals surface area contributed by atoms with E-state index in [0.717, 1.165) is 4.88 Å². The minimum Gasteiger partial charge on any atom is -0.453 e. The van der Waals surface area contributed by atoms with Gasteiger partial charge in [-0.3, -0.25) is 4.79 Å². The van der Waals surface area contributed by atoms with Gasteiger partial charge in [-0.15, -0.1) is 11.3 Å². The summed E-state index contributed by atoms with van der Waals surface area (Å²) in [4.78, 5) is 13.3. The van der Waals surface area contributed by atoms with E-state index in [0.29, 0.717) is 18.6 Å². The van der Waals surface area contributed by atoms with E-state index in [4.69, 9.17) is 9.52 Å². The maximum Gasteiger partial charge on any atom is 0.287 e. The topological polar surface area (TPSA) is 82.7 Å². The molecule has 3 N–H and O–H groups in total. The molecule has 6 heteroatoms. The number of hydrogen-bond acceptors (Lipinski definition) is 5. The molecular formula is C15H17NO4S. The Morgan fingerprint density at radius 1 is 1.43 bits per heavy atom. The molecule has 112 valence electrons. The van der Waals surface area contributed by atoms with E-state index in [1.807, 2.05) is 17.5 Å². The lowest BCUT2D eigenvalue weighted by Crippen LogP contribution is -2.41. The molecule has 1 fully saturated rings. The lowest BCUT2D eigenvalue weighted by Gasteiger charge is -2.37. The SMILES string of the molecule is O=C(NC(c1cccs1)C1CC(O)C1)c1ccc(CO)o1. The summed E-state index contributed by atoms with van der Waals surface area (Å²) in [7, 11) is 0. The van der Waals surface area contributed by atoms with E-state index in [1.165, 1.54) is 0 Å². The molecule has 1 unspecified atom stereocenters. The summed E-state index contributed by atoms with van der Waals surface area (Å²) >= 11 is 1.59. The molecule has 0 bridgehead atoms. The van der Waals surface area contributed by atoms with Gasteiger partial charge >= 0.3 is 0 Å². The average molecular weight is 307 g/mol. The Balaban J connectivity index is 1.73. The minimum absolute atomic E-state index is 0.108. The highest BCUT2D eigenvalue weighted by Crippen LogP contribution is 2.39. The van der Waals surface area contributed by atoms with Crippen LogP contribution in [0, 0.1) is 5.92 Å². The van der Waals surface area contributed by atoms with Gasteiger partial charge in [-0.2, -0.15) is 0 Å². The summed E-state index contributed by atoms with van der Waals surface area (Å²) in [6.07, 6.45) is 1.13. The van der Waals surface area contributed by atoms with Crippen molar-refractivity contribution in [3.63, 3.8) is 0 Å². The molecule has 5 nitrogen and oxygen atoms in total. The highest BCUT2D eigenvalue weighted by Gasteiger charge is 2.36. The van der Waals surface area contributed by atoms with Crippen LogP contribution in [-0.2, 0) is 6.61 Å². The van der Waals surface area contributed by atoms with E-state index >= 15 is 0 Å². The summed E-state index contributed by atoms with van der Waals surface area (Å²) < 4.78 is 5.26. The van der Waals surface area contributed by atoms with Crippen LogP contribution in [0.15, 0.2) is 34.1 Å². The fraction of sp³-hybridized carbons (Fsp3) is 0.400. The van der Waals surface area contributed by atoms with E-state index < -0.39 is 0 Å². The van der Waals surface area contributed by atoms with Crippen molar-refractivity contribution in [1.29, 1.82) is 0 Å². The van der Waals surface area contributed by atoms with Gasteiger partial charge in [-0.05, 0) is 42.3 Å². The van der Waals surface area contributed by atoms with Crippen molar-refractivity contribution in [2.24, 2.45) is 5.92 Å². The highest BCUT2D eigenvalue weighted by molar-refractivity contribution is 7.10. The first-order chi connectivity index (χ1) is 10.2. The number of aliphatic hydroxyl groups excluding tert-OH is 2. The average Bonchev–Trinajstić information content (AvgIpc) is 3.11. The van der Waals surface area contributed by atoms with Gasteiger partial charge in [0.15, 0.2) is 5.76 Å². The molecule has 1 amide bonds. The molecule has 2 heterocycles. The van der Waals surface area contributed by atoms with Crippen LogP contribution in [-0.4, -0.2) is 22.2 Å². The number of rotatable bonds is 5. The van der Waals surface area contributed by atoms with Gasteiger partial charge in [0.1, 0.15) is 12.4 Å². The molecule has 2 aromatic rings. The van der Waals surface area contributed by atoms with Crippen LogP contribution in [0.4, 0.5) is 0 Å². The molecule has 0 spiro atoms. The first-order valence-electron chi connectivity index (χ1n) is 6.89. The predicted octanol–water partition coefficient (Wildman–Crippen LogP) is 2.08. The van der Waals surface area contributed by atoms with Gasteiger partial charge in [0.2, 0.25) is 0 Å². The number of nitrogens with one attached hydrogen (secondary N) is 1. The quantitative estimate of drug-likeness (QED) is 0.790. The number of thiophene rings is 1. The van der Waals surface area contributed by atoms with Crippen molar-refractivity contribution < 1.29 is 19.4 Å². The molecule has 1 aliphatic carbocycles. The van der Waals surface area contributed by atoms with E-state index in [1.54, 1.807) is 23.5 Å². The van der Waals surface area contributed by atoms with Gasteiger partial charge in [-0.1, -0.05) is 6.07 Å². The van der Waals surface area contributed by atoms with Crippen molar-refractivity contribution in [3.05, 3.63) is 46.0 Å². The zero-order valence-electron chi connectivity index (χ0n) is 11.4. The van der Waals surface area contributed by atoms with Gasteiger partial charge < -0.3 is 19.9 Å². The number of carbonyl (C=O) groups excluding carboxylic acids is 1. The maximum absolute atomic E-state index is 12.3. The van der Waals surface area contributed by atoms with E-state index in [-0.39, 0.29) is 36.3 Å². The lowest BCUT2D eigenvalue weighted by molar-refractivity contribution is 0.0238. The molecular weight excluding hydrogens is 290 g/mol. The largest absolute Gasteiger partial charge is 0.453 e. The van der Waals surface area contributed by atoms with Gasteiger partial charge in [0, 0.05) is 4.88 Å². The maximum atomic E-state index is 12.3. The number of furan rings is 1. The summed E-state index contributed by atoms with van der Waals surface area (Å²) in [6.45, 7) is -0.226. The standard InChI is InChI=1S/C15H17NO4S/c17-8-11-3-4-12(20-11)15(19)16-14(9-6-10(18)7-9)13-2-1-5-21-13/h1-5,9-10,14,17-18H,6-8H2,(H,16,19). The molecule has 0 saturated heterocycles. The molecule has 0 aliphatic heterocycles. The molecule has 2 aromatic heterocycles. The van der Waals surface area contributed by atoms with Crippen LogP contribution in [0.5, 0.6) is 0 Å².